The van der Waals surface area contributed by atoms with E-state index in [4.69, 9.17) is 9.47 Å². The predicted octanol–water partition coefficient (Wildman–Crippen LogP) is 1.62. The first-order valence-corrected chi connectivity index (χ1v) is 6.05. The number of nitrogens with zero attached hydrogens (tertiary/aromatic N) is 1. The molecule has 0 aromatic carbocycles. The van der Waals surface area contributed by atoms with Gasteiger partial charge in [-0.3, -0.25) is 4.99 Å². The summed E-state index contributed by atoms with van der Waals surface area (Å²) in [4.78, 5) is 4.15. The van der Waals surface area contributed by atoms with E-state index in [-0.39, 0.29) is 29.5 Å². The Labute approximate surface area is 128 Å². The molecule has 0 bridgehead atoms. The van der Waals surface area contributed by atoms with Gasteiger partial charge in [0.15, 0.2) is 5.96 Å². The molecule has 0 aromatic heterocycles. The number of hydrogen-bond acceptors (Lipinski definition) is 3. The van der Waals surface area contributed by atoms with Gasteiger partial charge in [0.1, 0.15) is 0 Å². The molecule has 5 nitrogen and oxygen atoms in total. The summed E-state index contributed by atoms with van der Waals surface area (Å²) in [6, 6.07) is 0. The summed E-state index contributed by atoms with van der Waals surface area (Å²) >= 11 is 0. The van der Waals surface area contributed by atoms with Crippen LogP contribution in [0, 0.1) is 0 Å². The molecule has 0 saturated heterocycles. The smallest absolute Gasteiger partial charge is 0.191 e. The second-order valence-corrected chi connectivity index (χ2v) is 4.83. The zero-order valence-corrected chi connectivity index (χ0v) is 14.5. The highest BCUT2D eigenvalue weighted by molar-refractivity contribution is 14.0. The third kappa shape index (κ3) is 14.0. The van der Waals surface area contributed by atoms with Gasteiger partial charge in [-0.25, -0.2) is 0 Å². The van der Waals surface area contributed by atoms with Crippen molar-refractivity contribution in [2.75, 3.05) is 40.5 Å². The van der Waals surface area contributed by atoms with Crippen LogP contribution in [0.5, 0.6) is 0 Å². The van der Waals surface area contributed by atoms with Gasteiger partial charge < -0.3 is 20.1 Å². The van der Waals surface area contributed by atoms with E-state index in [0.29, 0.717) is 13.2 Å². The summed E-state index contributed by atoms with van der Waals surface area (Å²) in [6.45, 7) is 9.22. The van der Waals surface area contributed by atoms with Gasteiger partial charge in [0, 0.05) is 32.8 Å². The van der Waals surface area contributed by atoms with Crippen LogP contribution in [0.1, 0.15) is 27.2 Å². The Hall–Kier alpha value is -0.0800. The predicted molar refractivity (Wildman–Crippen MR) is 87.0 cm³/mol. The van der Waals surface area contributed by atoms with Crippen molar-refractivity contribution < 1.29 is 9.47 Å². The van der Waals surface area contributed by atoms with Gasteiger partial charge in [-0.15, -0.1) is 24.0 Å². The molecule has 0 fully saturated rings. The molecule has 0 saturated carbocycles. The molecule has 110 valence electrons. The zero-order chi connectivity index (χ0) is 13.1. The van der Waals surface area contributed by atoms with Crippen molar-refractivity contribution in [3.63, 3.8) is 0 Å². The van der Waals surface area contributed by atoms with Gasteiger partial charge in [0.25, 0.3) is 0 Å². The lowest BCUT2D eigenvalue weighted by atomic mass is 10.1. The standard InChI is InChI=1S/C12H27N3O2.HI/c1-12(2,3)15-11(13-4)14-7-6-8-17-10-9-16-5;/h6-10H2,1-5H3,(H2,13,14,15);1H. The molecule has 18 heavy (non-hydrogen) atoms. The second kappa shape index (κ2) is 12.0. The van der Waals surface area contributed by atoms with Crippen LogP contribution in [0.4, 0.5) is 0 Å². The molecule has 0 unspecified atom stereocenters. The van der Waals surface area contributed by atoms with Gasteiger partial charge in [-0.1, -0.05) is 0 Å². The number of nitrogens with one attached hydrogen (secondary N) is 2. The second-order valence-electron chi connectivity index (χ2n) is 4.83. The van der Waals surface area contributed by atoms with E-state index < -0.39 is 0 Å². The molecular weight excluding hydrogens is 345 g/mol. The SMILES string of the molecule is CN=C(NCCCOCCOC)NC(C)(C)C.I. The highest BCUT2D eigenvalue weighted by atomic mass is 127. The lowest BCUT2D eigenvalue weighted by Gasteiger charge is -2.23. The molecule has 0 rings (SSSR count). The highest BCUT2D eigenvalue weighted by Crippen LogP contribution is 1.97. The number of ether oxygens (including phenoxy) is 2. The minimum absolute atomic E-state index is 0. The Morgan fingerprint density at radius 1 is 1.17 bits per heavy atom. The summed E-state index contributed by atoms with van der Waals surface area (Å²) in [5.41, 5.74) is 0.0246. The van der Waals surface area contributed by atoms with E-state index >= 15 is 0 Å². The van der Waals surface area contributed by atoms with Gasteiger partial charge in [0.2, 0.25) is 0 Å². The monoisotopic (exact) mass is 373 g/mol. The minimum atomic E-state index is 0. The van der Waals surface area contributed by atoms with E-state index in [1.54, 1.807) is 14.2 Å². The maximum atomic E-state index is 5.37. The molecule has 0 aromatic rings. The van der Waals surface area contributed by atoms with E-state index in [2.05, 4.69) is 36.4 Å². The van der Waals surface area contributed by atoms with Gasteiger partial charge >= 0.3 is 0 Å². The molecule has 6 heteroatoms. The molecular formula is C12H28IN3O2. The number of aliphatic imine (C=N–C) groups is 1. The lowest BCUT2D eigenvalue weighted by Crippen LogP contribution is -2.47. The van der Waals surface area contributed by atoms with Gasteiger partial charge in [-0.05, 0) is 27.2 Å². The van der Waals surface area contributed by atoms with Crippen molar-refractivity contribution in [1.29, 1.82) is 0 Å². The molecule has 0 aliphatic carbocycles. The third-order valence-corrected chi connectivity index (χ3v) is 1.91. The number of rotatable bonds is 7. The summed E-state index contributed by atoms with van der Waals surface area (Å²) in [5.74, 6) is 0.828. The summed E-state index contributed by atoms with van der Waals surface area (Å²) in [5, 5.41) is 6.54. The average Bonchev–Trinajstić information content (AvgIpc) is 2.24. The molecule has 0 atom stereocenters. The van der Waals surface area contributed by atoms with Crippen LogP contribution in [-0.4, -0.2) is 52.0 Å². The average molecular weight is 373 g/mol. The Kier molecular flexibility index (Phi) is 13.5. The molecule has 0 aliphatic heterocycles. The van der Waals surface area contributed by atoms with Gasteiger partial charge in [0.05, 0.1) is 13.2 Å². The molecule has 0 heterocycles. The van der Waals surface area contributed by atoms with Crippen LogP contribution < -0.4 is 10.6 Å². The summed E-state index contributed by atoms with van der Waals surface area (Å²) in [6.07, 6.45) is 0.953. The topological polar surface area (TPSA) is 54.9 Å². The van der Waals surface area contributed by atoms with Crippen LogP contribution in [-0.2, 0) is 9.47 Å². The van der Waals surface area contributed by atoms with E-state index in [1.165, 1.54) is 0 Å². The molecule has 0 amide bonds. The Morgan fingerprint density at radius 3 is 2.33 bits per heavy atom. The fourth-order valence-electron chi connectivity index (χ4n) is 1.16. The van der Waals surface area contributed by atoms with Crippen LogP contribution in [0.15, 0.2) is 4.99 Å². The van der Waals surface area contributed by atoms with Crippen LogP contribution >= 0.6 is 24.0 Å². The van der Waals surface area contributed by atoms with Gasteiger partial charge in [-0.2, -0.15) is 0 Å². The molecule has 0 aliphatic rings. The van der Waals surface area contributed by atoms with E-state index in [1.807, 2.05) is 0 Å². The molecule has 2 N–H and O–H groups in total. The van der Waals surface area contributed by atoms with E-state index in [0.717, 1.165) is 25.5 Å². The highest BCUT2D eigenvalue weighted by Gasteiger charge is 2.10. The quantitative estimate of drug-likeness (QED) is 0.308. The Morgan fingerprint density at radius 2 is 1.83 bits per heavy atom. The van der Waals surface area contributed by atoms with Crippen molar-refractivity contribution in [2.24, 2.45) is 4.99 Å². The number of guanidine groups is 1. The first kappa shape index (κ1) is 20.2. The van der Waals surface area contributed by atoms with Crippen molar-refractivity contribution in [2.45, 2.75) is 32.7 Å². The Balaban J connectivity index is 0. The first-order chi connectivity index (χ1) is 7.99. The van der Waals surface area contributed by atoms with Crippen molar-refractivity contribution in [3.05, 3.63) is 0 Å². The van der Waals surface area contributed by atoms with Crippen LogP contribution in [0.3, 0.4) is 0 Å². The minimum Gasteiger partial charge on any atom is -0.382 e. The number of halogens is 1. The number of methoxy groups -OCH3 is 1. The largest absolute Gasteiger partial charge is 0.382 e. The molecule has 0 radical (unpaired) electrons. The van der Waals surface area contributed by atoms with E-state index in [9.17, 15) is 0 Å². The van der Waals surface area contributed by atoms with Crippen molar-refractivity contribution in [1.82, 2.24) is 10.6 Å². The zero-order valence-electron chi connectivity index (χ0n) is 12.2. The normalized spacial score (nSPS) is 11.9. The van der Waals surface area contributed by atoms with Crippen LogP contribution in [0.2, 0.25) is 0 Å². The van der Waals surface area contributed by atoms with Crippen LogP contribution in [0.25, 0.3) is 0 Å². The summed E-state index contributed by atoms with van der Waals surface area (Å²) < 4.78 is 10.3. The fourth-order valence-corrected chi connectivity index (χ4v) is 1.16. The lowest BCUT2D eigenvalue weighted by molar-refractivity contribution is 0.0698. The fraction of sp³-hybridized carbons (Fsp3) is 0.917. The summed E-state index contributed by atoms with van der Waals surface area (Å²) in [7, 11) is 3.45. The maximum Gasteiger partial charge on any atom is 0.191 e. The first-order valence-electron chi connectivity index (χ1n) is 6.05. The maximum absolute atomic E-state index is 5.37. The molecule has 0 spiro atoms. The van der Waals surface area contributed by atoms with Crippen molar-refractivity contribution >= 4 is 29.9 Å². The van der Waals surface area contributed by atoms with Crippen molar-refractivity contribution in [3.8, 4) is 0 Å². The number of hydrogen-bond donors (Lipinski definition) is 2. The third-order valence-electron chi connectivity index (χ3n) is 1.91. The Bertz CT molecular complexity index is 218.